The fourth-order valence-corrected chi connectivity index (χ4v) is 3.03. The Morgan fingerprint density at radius 3 is 2.15 bits per heavy atom. The molecule has 20 heavy (non-hydrogen) atoms. The van der Waals surface area contributed by atoms with Gasteiger partial charge >= 0.3 is 6.03 Å². The maximum atomic E-state index is 12.9. The number of carbonyl (C=O) groups is 3. The summed E-state index contributed by atoms with van der Waals surface area (Å²) in [5.41, 5.74) is -1.23. The summed E-state index contributed by atoms with van der Waals surface area (Å²) in [6.07, 6.45) is 3.89. The Morgan fingerprint density at radius 2 is 1.65 bits per heavy atom. The first-order valence-corrected chi connectivity index (χ1v) is 7.39. The maximum Gasteiger partial charge on any atom is 0.331 e. The largest absolute Gasteiger partial charge is 0.331 e. The van der Waals surface area contributed by atoms with Gasteiger partial charge < -0.3 is 0 Å². The van der Waals surface area contributed by atoms with Crippen molar-refractivity contribution < 1.29 is 14.4 Å². The molecule has 5 heteroatoms. The van der Waals surface area contributed by atoms with Gasteiger partial charge in [-0.15, -0.1) is 0 Å². The van der Waals surface area contributed by atoms with Gasteiger partial charge in [-0.1, -0.05) is 40.0 Å². The van der Waals surface area contributed by atoms with Gasteiger partial charge in [0.15, 0.2) is 0 Å². The number of imide groups is 2. The maximum absolute atomic E-state index is 12.9. The molecule has 1 N–H and O–H groups in total. The molecule has 1 aliphatic heterocycles. The quantitative estimate of drug-likeness (QED) is 0.750. The molecule has 1 spiro atoms. The van der Waals surface area contributed by atoms with Crippen molar-refractivity contribution >= 4 is 17.8 Å². The minimum Gasteiger partial charge on any atom is -0.277 e. The second kappa shape index (κ2) is 4.86. The summed E-state index contributed by atoms with van der Waals surface area (Å²) in [6.45, 7) is 7.83. The Morgan fingerprint density at radius 1 is 1.10 bits per heavy atom. The molecule has 0 aromatic carbocycles. The van der Waals surface area contributed by atoms with Crippen LogP contribution in [0.3, 0.4) is 0 Å². The van der Waals surface area contributed by atoms with Gasteiger partial charge in [0, 0.05) is 6.04 Å². The standard InChI is InChI=1S/C15H24N2O3/c1-10(14(2,3)4)17-12(19)15(8-6-5-7-9-15)11(18)16-13(17)20/h10H,5-9H2,1-4H3,(H,16,18,20). The molecular weight excluding hydrogens is 256 g/mol. The van der Waals surface area contributed by atoms with Crippen LogP contribution < -0.4 is 5.32 Å². The van der Waals surface area contributed by atoms with Crippen molar-refractivity contribution in [2.75, 3.05) is 0 Å². The van der Waals surface area contributed by atoms with E-state index in [2.05, 4.69) is 5.32 Å². The fraction of sp³-hybridized carbons (Fsp3) is 0.800. The Hall–Kier alpha value is -1.39. The van der Waals surface area contributed by atoms with E-state index in [0.717, 1.165) is 19.3 Å². The summed E-state index contributed by atoms with van der Waals surface area (Å²) >= 11 is 0. The second-order valence-electron chi connectivity index (χ2n) is 7.12. The van der Waals surface area contributed by atoms with Crippen LogP contribution in [0.2, 0.25) is 0 Å². The highest BCUT2D eigenvalue weighted by Crippen LogP contribution is 2.41. The van der Waals surface area contributed by atoms with Crippen LogP contribution in [-0.4, -0.2) is 28.8 Å². The van der Waals surface area contributed by atoms with E-state index in [0.29, 0.717) is 12.8 Å². The van der Waals surface area contributed by atoms with Crippen molar-refractivity contribution in [2.45, 2.75) is 65.8 Å². The van der Waals surface area contributed by atoms with Crippen LogP contribution >= 0.6 is 0 Å². The van der Waals surface area contributed by atoms with E-state index in [9.17, 15) is 14.4 Å². The highest BCUT2D eigenvalue weighted by atomic mass is 16.2. The van der Waals surface area contributed by atoms with E-state index in [4.69, 9.17) is 0 Å². The van der Waals surface area contributed by atoms with Crippen molar-refractivity contribution in [2.24, 2.45) is 10.8 Å². The molecule has 2 aliphatic rings. The average Bonchev–Trinajstić information content (AvgIpc) is 2.36. The van der Waals surface area contributed by atoms with Crippen molar-refractivity contribution in [3.8, 4) is 0 Å². The topological polar surface area (TPSA) is 66.5 Å². The molecule has 2 rings (SSSR count). The Kier molecular flexibility index (Phi) is 3.65. The molecule has 1 heterocycles. The molecular formula is C15H24N2O3. The van der Waals surface area contributed by atoms with E-state index in [1.807, 2.05) is 27.7 Å². The number of amides is 4. The lowest BCUT2D eigenvalue weighted by atomic mass is 9.70. The number of nitrogens with zero attached hydrogens (tertiary/aromatic N) is 1. The van der Waals surface area contributed by atoms with Gasteiger partial charge in [0.1, 0.15) is 5.41 Å². The first kappa shape index (κ1) is 15.0. The lowest BCUT2D eigenvalue weighted by Gasteiger charge is -2.46. The van der Waals surface area contributed by atoms with Crippen LogP contribution in [0.15, 0.2) is 0 Å². The van der Waals surface area contributed by atoms with Crippen LogP contribution in [0.4, 0.5) is 4.79 Å². The van der Waals surface area contributed by atoms with Gasteiger partial charge in [-0.2, -0.15) is 0 Å². The van der Waals surface area contributed by atoms with Gasteiger partial charge in [-0.25, -0.2) is 4.79 Å². The minimum absolute atomic E-state index is 0.219. The zero-order valence-corrected chi connectivity index (χ0v) is 12.8. The number of hydrogen-bond donors (Lipinski definition) is 1. The molecule has 1 aliphatic carbocycles. The van der Waals surface area contributed by atoms with Crippen molar-refractivity contribution in [3.05, 3.63) is 0 Å². The van der Waals surface area contributed by atoms with E-state index in [1.54, 1.807) is 0 Å². The van der Waals surface area contributed by atoms with Crippen LogP contribution in [0.1, 0.15) is 59.8 Å². The molecule has 0 aromatic rings. The van der Waals surface area contributed by atoms with Gasteiger partial charge in [0.2, 0.25) is 11.8 Å². The molecule has 1 saturated heterocycles. The normalized spacial score (nSPS) is 24.8. The Balaban J connectivity index is 2.36. The van der Waals surface area contributed by atoms with Gasteiger partial charge in [0.25, 0.3) is 0 Å². The van der Waals surface area contributed by atoms with Gasteiger partial charge in [0.05, 0.1) is 0 Å². The Labute approximate surface area is 120 Å². The minimum atomic E-state index is -1.01. The summed E-state index contributed by atoms with van der Waals surface area (Å²) in [7, 11) is 0. The highest BCUT2D eigenvalue weighted by Gasteiger charge is 2.55. The highest BCUT2D eigenvalue weighted by molar-refractivity contribution is 6.19. The molecule has 0 bridgehead atoms. The first-order valence-electron chi connectivity index (χ1n) is 7.39. The molecule has 4 amide bonds. The van der Waals surface area contributed by atoms with Crippen LogP contribution in [0, 0.1) is 10.8 Å². The average molecular weight is 280 g/mol. The number of nitrogens with one attached hydrogen (secondary N) is 1. The summed E-state index contributed by atoms with van der Waals surface area (Å²) in [5, 5.41) is 2.40. The van der Waals surface area contributed by atoms with E-state index in [1.165, 1.54) is 4.90 Å². The smallest absolute Gasteiger partial charge is 0.277 e. The summed E-state index contributed by atoms with van der Waals surface area (Å²) in [5.74, 6) is -0.696. The second-order valence-corrected chi connectivity index (χ2v) is 7.12. The predicted octanol–water partition coefficient (Wildman–Crippen LogP) is 2.45. The number of hydrogen-bond acceptors (Lipinski definition) is 3. The monoisotopic (exact) mass is 280 g/mol. The third-order valence-electron chi connectivity index (χ3n) is 4.85. The van der Waals surface area contributed by atoms with E-state index in [-0.39, 0.29) is 17.4 Å². The summed E-state index contributed by atoms with van der Waals surface area (Å²) in [6, 6.07) is -0.819. The van der Waals surface area contributed by atoms with Crippen molar-refractivity contribution in [1.29, 1.82) is 0 Å². The molecule has 112 valence electrons. The van der Waals surface area contributed by atoms with E-state index < -0.39 is 17.4 Å². The van der Waals surface area contributed by atoms with Gasteiger partial charge in [-0.3, -0.25) is 19.8 Å². The fourth-order valence-electron chi connectivity index (χ4n) is 3.03. The molecule has 1 unspecified atom stereocenters. The molecule has 0 aromatic heterocycles. The number of carbonyl (C=O) groups excluding carboxylic acids is 3. The number of rotatable bonds is 1. The number of urea groups is 1. The Bertz CT molecular complexity index is 445. The van der Waals surface area contributed by atoms with E-state index >= 15 is 0 Å². The molecule has 2 fully saturated rings. The molecule has 1 atom stereocenters. The van der Waals surface area contributed by atoms with Crippen LogP contribution in [0.5, 0.6) is 0 Å². The van der Waals surface area contributed by atoms with Crippen LogP contribution in [-0.2, 0) is 9.59 Å². The summed E-state index contributed by atoms with van der Waals surface area (Å²) in [4.78, 5) is 38.5. The third-order valence-corrected chi connectivity index (χ3v) is 4.85. The van der Waals surface area contributed by atoms with Crippen molar-refractivity contribution in [1.82, 2.24) is 10.2 Å². The lowest BCUT2D eigenvalue weighted by molar-refractivity contribution is -0.156. The first-order chi connectivity index (χ1) is 9.20. The number of barbiturate groups is 1. The third kappa shape index (κ3) is 2.23. The zero-order valence-electron chi connectivity index (χ0n) is 12.8. The van der Waals surface area contributed by atoms with Crippen LogP contribution in [0.25, 0.3) is 0 Å². The molecule has 0 radical (unpaired) electrons. The zero-order chi connectivity index (χ0) is 15.1. The van der Waals surface area contributed by atoms with Gasteiger partial charge in [-0.05, 0) is 25.2 Å². The summed E-state index contributed by atoms with van der Waals surface area (Å²) < 4.78 is 0. The molecule has 5 nitrogen and oxygen atoms in total. The SMILES string of the molecule is CC(N1C(=O)NC(=O)C2(CCCCC2)C1=O)C(C)(C)C. The lowest BCUT2D eigenvalue weighted by Crippen LogP contribution is -2.67. The molecule has 1 saturated carbocycles. The predicted molar refractivity (Wildman–Crippen MR) is 74.8 cm³/mol. The van der Waals surface area contributed by atoms with Crippen molar-refractivity contribution in [3.63, 3.8) is 0 Å².